The molecule has 0 radical (unpaired) electrons. The van der Waals surface area contributed by atoms with Crippen molar-refractivity contribution in [2.45, 2.75) is 13.3 Å². The van der Waals surface area contributed by atoms with Crippen molar-refractivity contribution in [2.75, 3.05) is 12.3 Å². The summed E-state index contributed by atoms with van der Waals surface area (Å²) in [6, 6.07) is 3.85. The largest absolute Gasteiger partial charge is 0.395 e. The van der Waals surface area contributed by atoms with E-state index in [9.17, 15) is 4.79 Å². The second-order valence-corrected chi connectivity index (χ2v) is 4.34. The smallest absolute Gasteiger partial charge is 0.271 e. The fourth-order valence-electron chi connectivity index (χ4n) is 1.89. The van der Waals surface area contributed by atoms with Crippen molar-refractivity contribution in [2.24, 2.45) is 7.05 Å². The Morgan fingerprint density at radius 3 is 2.89 bits per heavy atom. The average Bonchev–Trinajstić information content (AvgIpc) is 2.64. The Kier molecular flexibility index (Phi) is 3.79. The summed E-state index contributed by atoms with van der Waals surface area (Å²) in [5, 5.41) is 6.95. The fourth-order valence-corrected chi connectivity index (χ4v) is 1.89. The van der Waals surface area contributed by atoms with Gasteiger partial charge in [0.05, 0.1) is 11.4 Å². The Bertz CT molecular complexity index is 576. The Labute approximate surface area is 111 Å². The maximum atomic E-state index is 12.0. The molecule has 19 heavy (non-hydrogen) atoms. The zero-order chi connectivity index (χ0) is 13.8. The summed E-state index contributed by atoms with van der Waals surface area (Å²) in [6.07, 6.45) is 4.24. The van der Waals surface area contributed by atoms with E-state index in [2.05, 4.69) is 15.4 Å². The molecule has 1 amide bonds. The molecule has 6 nitrogen and oxygen atoms in total. The van der Waals surface area contributed by atoms with Gasteiger partial charge < -0.3 is 11.1 Å². The molecule has 0 saturated heterocycles. The van der Waals surface area contributed by atoms with Crippen LogP contribution in [0.1, 0.15) is 21.7 Å². The first-order chi connectivity index (χ1) is 9.09. The van der Waals surface area contributed by atoms with E-state index in [0.717, 1.165) is 12.0 Å². The number of nitrogens with one attached hydrogen (secondary N) is 1. The predicted octanol–water partition coefficient (Wildman–Crippen LogP) is 0.678. The van der Waals surface area contributed by atoms with Crippen LogP contribution in [0.4, 0.5) is 5.69 Å². The van der Waals surface area contributed by atoms with Crippen LogP contribution in [0.3, 0.4) is 0 Å². The van der Waals surface area contributed by atoms with Crippen molar-refractivity contribution in [3.8, 4) is 0 Å². The number of carbonyl (C=O) groups is 1. The topological polar surface area (TPSA) is 85.8 Å². The lowest BCUT2D eigenvalue weighted by Gasteiger charge is -2.06. The molecule has 0 saturated carbocycles. The van der Waals surface area contributed by atoms with Gasteiger partial charge in [0.2, 0.25) is 0 Å². The van der Waals surface area contributed by atoms with E-state index in [1.807, 2.05) is 12.1 Å². The quantitative estimate of drug-likeness (QED) is 0.845. The van der Waals surface area contributed by atoms with Gasteiger partial charge in [-0.05, 0) is 25.0 Å². The number of hydrogen-bond donors (Lipinski definition) is 2. The molecule has 2 aromatic heterocycles. The molecule has 2 aromatic rings. The monoisotopic (exact) mass is 259 g/mol. The van der Waals surface area contributed by atoms with Crippen molar-refractivity contribution in [1.29, 1.82) is 0 Å². The Hall–Kier alpha value is -2.37. The molecule has 0 bridgehead atoms. The number of nitrogen functional groups attached to an aromatic ring is 1. The van der Waals surface area contributed by atoms with Gasteiger partial charge in [0, 0.05) is 26.0 Å². The lowest BCUT2D eigenvalue weighted by atomic mass is 10.2. The summed E-state index contributed by atoms with van der Waals surface area (Å²) in [5.74, 6) is -0.204. The SMILES string of the molecule is Cc1nn(C)c(C(=O)NCCc2cccnc2)c1N. The van der Waals surface area contributed by atoms with Gasteiger partial charge in [0.15, 0.2) is 0 Å². The summed E-state index contributed by atoms with van der Waals surface area (Å²) >= 11 is 0. The second kappa shape index (κ2) is 5.51. The summed E-state index contributed by atoms with van der Waals surface area (Å²) in [4.78, 5) is 16.0. The third kappa shape index (κ3) is 2.90. The number of amides is 1. The molecule has 0 atom stereocenters. The highest BCUT2D eigenvalue weighted by atomic mass is 16.2. The maximum Gasteiger partial charge on any atom is 0.271 e. The molecule has 0 aliphatic heterocycles. The third-order valence-corrected chi connectivity index (χ3v) is 2.91. The van der Waals surface area contributed by atoms with E-state index in [1.165, 1.54) is 4.68 Å². The van der Waals surface area contributed by atoms with Crippen molar-refractivity contribution >= 4 is 11.6 Å². The number of pyridine rings is 1. The van der Waals surface area contributed by atoms with E-state index in [-0.39, 0.29) is 5.91 Å². The summed E-state index contributed by atoms with van der Waals surface area (Å²) in [7, 11) is 1.71. The summed E-state index contributed by atoms with van der Waals surface area (Å²) < 4.78 is 1.50. The van der Waals surface area contributed by atoms with Gasteiger partial charge in [-0.15, -0.1) is 0 Å². The summed E-state index contributed by atoms with van der Waals surface area (Å²) in [5.41, 5.74) is 8.42. The van der Waals surface area contributed by atoms with Crippen LogP contribution in [-0.2, 0) is 13.5 Å². The molecule has 0 aliphatic rings. The molecule has 6 heteroatoms. The minimum atomic E-state index is -0.204. The summed E-state index contributed by atoms with van der Waals surface area (Å²) in [6.45, 7) is 2.32. The van der Waals surface area contributed by atoms with Crippen molar-refractivity contribution in [1.82, 2.24) is 20.1 Å². The van der Waals surface area contributed by atoms with Gasteiger partial charge in [-0.25, -0.2) is 0 Å². The molecule has 0 aliphatic carbocycles. The van der Waals surface area contributed by atoms with Gasteiger partial charge in [-0.1, -0.05) is 6.07 Å². The zero-order valence-corrected chi connectivity index (χ0v) is 11.1. The van der Waals surface area contributed by atoms with Gasteiger partial charge in [0.1, 0.15) is 5.69 Å². The number of aromatic nitrogens is 3. The van der Waals surface area contributed by atoms with E-state index in [1.54, 1.807) is 26.4 Å². The minimum Gasteiger partial charge on any atom is -0.395 e. The Morgan fingerprint density at radius 1 is 1.53 bits per heavy atom. The number of nitrogens with two attached hydrogens (primary N) is 1. The van der Waals surface area contributed by atoms with Crippen LogP contribution in [0, 0.1) is 6.92 Å². The van der Waals surface area contributed by atoms with Crippen molar-refractivity contribution in [3.05, 3.63) is 41.5 Å². The molecule has 3 N–H and O–H groups in total. The van der Waals surface area contributed by atoms with Crippen molar-refractivity contribution < 1.29 is 4.79 Å². The standard InChI is InChI=1S/C13H17N5O/c1-9-11(14)12(18(2)17-9)13(19)16-7-5-10-4-3-6-15-8-10/h3-4,6,8H,5,7,14H2,1-2H3,(H,16,19). The second-order valence-electron chi connectivity index (χ2n) is 4.34. The van der Waals surface area contributed by atoms with E-state index in [4.69, 9.17) is 5.73 Å². The first kappa shape index (κ1) is 13.1. The van der Waals surface area contributed by atoms with E-state index < -0.39 is 0 Å². The molecule has 2 heterocycles. The molecular weight excluding hydrogens is 242 g/mol. The zero-order valence-electron chi connectivity index (χ0n) is 11.1. The number of nitrogens with zero attached hydrogens (tertiary/aromatic N) is 3. The van der Waals surface area contributed by atoms with Crippen LogP contribution >= 0.6 is 0 Å². The Morgan fingerprint density at radius 2 is 2.32 bits per heavy atom. The van der Waals surface area contributed by atoms with Crippen LogP contribution in [0.15, 0.2) is 24.5 Å². The maximum absolute atomic E-state index is 12.0. The first-order valence-electron chi connectivity index (χ1n) is 6.05. The third-order valence-electron chi connectivity index (χ3n) is 2.91. The van der Waals surface area contributed by atoms with Crippen LogP contribution in [-0.4, -0.2) is 27.2 Å². The molecule has 0 aromatic carbocycles. The lowest BCUT2D eigenvalue weighted by molar-refractivity contribution is 0.0945. The number of rotatable bonds is 4. The van der Waals surface area contributed by atoms with Crippen LogP contribution in [0.2, 0.25) is 0 Å². The minimum absolute atomic E-state index is 0.204. The number of anilines is 1. The van der Waals surface area contributed by atoms with Crippen LogP contribution in [0.5, 0.6) is 0 Å². The molecule has 0 spiro atoms. The molecule has 0 fully saturated rings. The lowest BCUT2D eigenvalue weighted by Crippen LogP contribution is -2.28. The van der Waals surface area contributed by atoms with Gasteiger partial charge >= 0.3 is 0 Å². The fraction of sp³-hybridized carbons (Fsp3) is 0.308. The highest BCUT2D eigenvalue weighted by molar-refractivity contribution is 5.97. The Balaban J connectivity index is 1.95. The number of hydrogen-bond acceptors (Lipinski definition) is 4. The normalized spacial score (nSPS) is 10.4. The predicted molar refractivity (Wildman–Crippen MR) is 72.6 cm³/mol. The van der Waals surface area contributed by atoms with Gasteiger partial charge in [-0.2, -0.15) is 5.10 Å². The molecule has 2 rings (SSSR count). The molecular formula is C13H17N5O. The van der Waals surface area contributed by atoms with E-state index >= 15 is 0 Å². The van der Waals surface area contributed by atoms with Gasteiger partial charge in [-0.3, -0.25) is 14.5 Å². The number of aryl methyl sites for hydroxylation is 2. The average molecular weight is 259 g/mol. The van der Waals surface area contributed by atoms with Crippen LogP contribution in [0.25, 0.3) is 0 Å². The number of carbonyl (C=O) groups excluding carboxylic acids is 1. The molecule has 100 valence electrons. The van der Waals surface area contributed by atoms with Crippen LogP contribution < -0.4 is 11.1 Å². The molecule has 0 unspecified atom stereocenters. The van der Waals surface area contributed by atoms with Gasteiger partial charge in [0.25, 0.3) is 5.91 Å². The van der Waals surface area contributed by atoms with Crippen molar-refractivity contribution in [3.63, 3.8) is 0 Å². The highest BCUT2D eigenvalue weighted by Crippen LogP contribution is 2.14. The highest BCUT2D eigenvalue weighted by Gasteiger charge is 2.17. The van der Waals surface area contributed by atoms with E-state index in [0.29, 0.717) is 23.6 Å². The first-order valence-corrected chi connectivity index (χ1v) is 6.05.